The first-order chi connectivity index (χ1) is 13.7. The molecule has 7 heteroatoms. The molecule has 1 aliphatic heterocycles. The highest BCUT2D eigenvalue weighted by molar-refractivity contribution is 5.63. The van der Waals surface area contributed by atoms with Crippen LogP contribution in [0.2, 0.25) is 0 Å². The summed E-state index contributed by atoms with van der Waals surface area (Å²) in [7, 11) is 0. The van der Waals surface area contributed by atoms with E-state index in [1.807, 2.05) is 0 Å². The second-order valence-electron chi connectivity index (χ2n) is 7.98. The summed E-state index contributed by atoms with van der Waals surface area (Å²) in [6.07, 6.45) is 6.72. The lowest BCUT2D eigenvalue weighted by Crippen LogP contribution is -2.46. The Morgan fingerprint density at radius 1 is 1.07 bits per heavy atom. The summed E-state index contributed by atoms with van der Waals surface area (Å²) in [6.45, 7) is 6.13. The van der Waals surface area contributed by atoms with Crippen LogP contribution < -0.4 is 5.73 Å². The molecule has 7 nitrogen and oxygen atoms in total. The molecular weight excluding hydrogens is 372 g/mol. The minimum atomic E-state index is -0.833. The number of rotatable bonds is 4. The van der Waals surface area contributed by atoms with E-state index in [4.69, 9.17) is 25.5 Å². The van der Waals surface area contributed by atoms with Gasteiger partial charge in [0, 0.05) is 32.4 Å². The van der Waals surface area contributed by atoms with Crippen molar-refractivity contribution in [2.45, 2.75) is 65.0 Å². The van der Waals surface area contributed by atoms with E-state index < -0.39 is 11.9 Å². The molecule has 2 aliphatic rings. The molecule has 1 aromatic rings. The van der Waals surface area contributed by atoms with Gasteiger partial charge in [0.1, 0.15) is 0 Å². The largest absolute Gasteiger partial charge is 0.481 e. The predicted octanol–water partition coefficient (Wildman–Crippen LogP) is 2.50. The summed E-state index contributed by atoms with van der Waals surface area (Å²) in [6, 6.07) is 8.87. The molecule has 0 bridgehead atoms. The molecule has 1 spiro atoms. The zero-order valence-electron chi connectivity index (χ0n) is 17.6. The van der Waals surface area contributed by atoms with E-state index in [9.17, 15) is 5.11 Å². The van der Waals surface area contributed by atoms with Gasteiger partial charge in [-0.25, -0.2) is 0 Å². The van der Waals surface area contributed by atoms with Gasteiger partial charge >= 0.3 is 0 Å². The van der Waals surface area contributed by atoms with Crippen LogP contribution in [0.25, 0.3) is 0 Å². The lowest BCUT2D eigenvalue weighted by molar-refractivity contribution is -0.135. The van der Waals surface area contributed by atoms with Crippen molar-refractivity contribution in [3.8, 4) is 0 Å². The normalized spacial score (nSPS) is 23.5. The topological polar surface area (TPSA) is 124 Å². The monoisotopic (exact) mass is 408 g/mol. The number of benzene rings is 1. The van der Waals surface area contributed by atoms with Crippen molar-refractivity contribution in [2.75, 3.05) is 19.6 Å². The number of carboxylic acid groups (broad SMARTS) is 2. The first kappa shape index (κ1) is 25.1. The van der Waals surface area contributed by atoms with Crippen LogP contribution in [0.1, 0.15) is 57.1 Å². The summed E-state index contributed by atoms with van der Waals surface area (Å²) in [5.41, 5.74) is 8.48. The van der Waals surface area contributed by atoms with Gasteiger partial charge in [0.05, 0.1) is 6.10 Å². The zero-order chi connectivity index (χ0) is 21.9. The van der Waals surface area contributed by atoms with Gasteiger partial charge in [-0.05, 0) is 56.3 Å². The van der Waals surface area contributed by atoms with Gasteiger partial charge < -0.3 is 21.1 Å². The second kappa shape index (κ2) is 12.6. The van der Waals surface area contributed by atoms with E-state index in [1.54, 1.807) is 0 Å². The SMILES string of the molecule is CC(=O)O.CC(=O)O.NCCc1ccc(CN2CCC[C@]3(CCC[C@H]3O)C2)cc1. The van der Waals surface area contributed by atoms with Crippen LogP contribution in [0.4, 0.5) is 0 Å². The van der Waals surface area contributed by atoms with Gasteiger partial charge in [-0.3, -0.25) is 14.5 Å². The maximum Gasteiger partial charge on any atom is 0.300 e. The standard InChI is InChI=1S/C18H28N2O.2C2H4O2/c19-11-8-15-4-6-16(7-5-15)13-20-12-2-10-18(14-20)9-1-3-17(18)21;2*1-2(3)4/h4-7,17,21H,1-3,8-14,19H2;2*1H3,(H,3,4)/t17-,18-;;/m1../s1. The van der Waals surface area contributed by atoms with Crippen LogP contribution in [-0.2, 0) is 22.6 Å². The molecule has 1 saturated heterocycles. The summed E-state index contributed by atoms with van der Waals surface area (Å²) >= 11 is 0. The van der Waals surface area contributed by atoms with Crippen molar-refractivity contribution in [2.24, 2.45) is 11.1 Å². The molecule has 2 fully saturated rings. The van der Waals surface area contributed by atoms with Crippen molar-refractivity contribution >= 4 is 11.9 Å². The summed E-state index contributed by atoms with van der Waals surface area (Å²) in [5, 5.41) is 25.2. The molecule has 2 atom stereocenters. The molecule has 0 aromatic heterocycles. The minimum Gasteiger partial charge on any atom is -0.481 e. The molecule has 1 aliphatic carbocycles. The number of piperidine rings is 1. The van der Waals surface area contributed by atoms with Crippen molar-refractivity contribution in [1.29, 1.82) is 0 Å². The molecule has 0 unspecified atom stereocenters. The molecule has 1 aromatic carbocycles. The Morgan fingerprint density at radius 3 is 2.07 bits per heavy atom. The fraction of sp³-hybridized carbons (Fsp3) is 0.636. The van der Waals surface area contributed by atoms with Gasteiger partial charge in [-0.15, -0.1) is 0 Å². The maximum atomic E-state index is 10.3. The van der Waals surface area contributed by atoms with Gasteiger partial charge in [0.25, 0.3) is 11.9 Å². The second-order valence-corrected chi connectivity index (χ2v) is 7.98. The third-order valence-electron chi connectivity index (χ3n) is 5.41. The molecule has 29 heavy (non-hydrogen) atoms. The van der Waals surface area contributed by atoms with E-state index in [1.165, 1.54) is 43.4 Å². The van der Waals surface area contributed by atoms with Crippen molar-refractivity contribution < 1.29 is 24.9 Å². The smallest absolute Gasteiger partial charge is 0.300 e. The van der Waals surface area contributed by atoms with Crippen LogP contribution in [0.15, 0.2) is 24.3 Å². The number of aliphatic hydroxyl groups is 1. The molecular formula is C22H36N2O5. The molecule has 0 radical (unpaired) electrons. The molecule has 0 amide bonds. The highest BCUT2D eigenvalue weighted by Crippen LogP contribution is 2.45. The number of carbonyl (C=O) groups is 2. The molecule has 1 saturated carbocycles. The first-order valence-electron chi connectivity index (χ1n) is 10.3. The Labute approximate surface area is 173 Å². The number of nitrogens with two attached hydrogens (primary N) is 1. The first-order valence-corrected chi connectivity index (χ1v) is 10.3. The predicted molar refractivity (Wildman–Crippen MR) is 113 cm³/mol. The van der Waals surface area contributed by atoms with Crippen LogP contribution in [0, 0.1) is 5.41 Å². The summed E-state index contributed by atoms with van der Waals surface area (Å²) < 4.78 is 0. The quantitative estimate of drug-likeness (QED) is 0.603. The van der Waals surface area contributed by atoms with Crippen LogP contribution in [0.5, 0.6) is 0 Å². The lowest BCUT2D eigenvalue weighted by Gasteiger charge is -2.42. The summed E-state index contributed by atoms with van der Waals surface area (Å²) in [4.78, 5) is 20.5. The van der Waals surface area contributed by atoms with Gasteiger partial charge in [-0.2, -0.15) is 0 Å². The van der Waals surface area contributed by atoms with E-state index >= 15 is 0 Å². The highest BCUT2D eigenvalue weighted by atomic mass is 16.4. The van der Waals surface area contributed by atoms with Crippen molar-refractivity contribution in [3.63, 3.8) is 0 Å². The van der Waals surface area contributed by atoms with Gasteiger partial charge in [-0.1, -0.05) is 30.7 Å². The fourth-order valence-corrected chi connectivity index (χ4v) is 4.23. The van der Waals surface area contributed by atoms with Crippen molar-refractivity contribution in [1.82, 2.24) is 4.90 Å². The molecule has 3 rings (SSSR count). The average Bonchev–Trinajstić information content (AvgIpc) is 2.96. The van der Waals surface area contributed by atoms with Crippen molar-refractivity contribution in [3.05, 3.63) is 35.4 Å². The number of hydrogen-bond donors (Lipinski definition) is 4. The highest BCUT2D eigenvalue weighted by Gasteiger charge is 2.44. The Bertz CT molecular complexity index is 615. The van der Waals surface area contributed by atoms with Crippen LogP contribution >= 0.6 is 0 Å². The third-order valence-corrected chi connectivity index (χ3v) is 5.41. The molecule has 5 N–H and O–H groups in total. The van der Waals surface area contributed by atoms with E-state index in [-0.39, 0.29) is 11.5 Å². The third kappa shape index (κ3) is 9.39. The number of aliphatic hydroxyl groups excluding tert-OH is 1. The van der Waals surface area contributed by atoms with E-state index in [2.05, 4.69) is 29.2 Å². The Balaban J connectivity index is 0.000000452. The number of likely N-dealkylation sites (tertiary alicyclic amines) is 1. The number of carboxylic acids is 2. The Morgan fingerprint density at radius 2 is 1.59 bits per heavy atom. The molecule has 164 valence electrons. The minimum absolute atomic E-state index is 0.0766. The number of hydrogen-bond acceptors (Lipinski definition) is 5. The lowest BCUT2D eigenvalue weighted by atomic mass is 9.76. The Hall–Kier alpha value is -1.96. The fourth-order valence-electron chi connectivity index (χ4n) is 4.23. The molecule has 1 heterocycles. The van der Waals surface area contributed by atoms with Gasteiger partial charge in [0.2, 0.25) is 0 Å². The Kier molecular flexibility index (Phi) is 10.9. The van der Waals surface area contributed by atoms with E-state index in [0.717, 1.165) is 39.8 Å². The summed E-state index contributed by atoms with van der Waals surface area (Å²) in [5.74, 6) is -1.67. The van der Waals surface area contributed by atoms with Crippen LogP contribution in [-0.4, -0.2) is 57.9 Å². The number of nitrogens with zero attached hydrogens (tertiary/aromatic N) is 1. The maximum absolute atomic E-state index is 10.3. The van der Waals surface area contributed by atoms with Crippen LogP contribution in [0.3, 0.4) is 0 Å². The number of aliphatic carboxylic acids is 2. The average molecular weight is 409 g/mol. The van der Waals surface area contributed by atoms with Gasteiger partial charge in [0.15, 0.2) is 0 Å². The zero-order valence-corrected chi connectivity index (χ0v) is 17.6. The van der Waals surface area contributed by atoms with E-state index in [0.29, 0.717) is 6.54 Å².